The highest BCUT2D eigenvalue weighted by molar-refractivity contribution is 9.10. The smallest absolute Gasteiger partial charge is 0.0321 e. The zero-order valence-corrected chi connectivity index (χ0v) is 8.59. The maximum absolute atomic E-state index is 5.81. The van der Waals surface area contributed by atoms with E-state index in [1.807, 2.05) is 6.92 Å². The SMILES string of the molecule is CCC(C)(Br)CC(C)Cl. The molecule has 0 fully saturated rings. The molecule has 0 spiro atoms. The lowest BCUT2D eigenvalue weighted by Gasteiger charge is -2.21. The van der Waals surface area contributed by atoms with Crippen molar-refractivity contribution in [2.75, 3.05) is 0 Å². The lowest BCUT2D eigenvalue weighted by Crippen LogP contribution is -2.17. The van der Waals surface area contributed by atoms with Gasteiger partial charge in [-0.1, -0.05) is 22.9 Å². The van der Waals surface area contributed by atoms with E-state index in [1.165, 1.54) is 0 Å². The van der Waals surface area contributed by atoms with E-state index in [1.54, 1.807) is 0 Å². The predicted octanol–water partition coefficient (Wildman–Crippen LogP) is 3.57. The Bertz CT molecular complexity index is 79.0. The molecule has 2 heteroatoms. The van der Waals surface area contributed by atoms with Crippen molar-refractivity contribution in [2.45, 2.75) is 43.3 Å². The van der Waals surface area contributed by atoms with Crippen LogP contribution >= 0.6 is 27.5 Å². The lowest BCUT2D eigenvalue weighted by atomic mass is 10.0. The summed E-state index contributed by atoms with van der Waals surface area (Å²) < 4.78 is 0.244. The van der Waals surface area contributed by atoms with Crippen LogP contribution in [-0.4, -0.2) is 9.70 Å². The number of hydrogen-bond donors (Lipinski definition) is 0. The van der Waals surface area contributed by atoms with Crippen molar-refractivity contribution < 1.29 is 0 Å². The van der Waals surface area contributed by atoms with E-state index in [4.69, 9.17) is 11.6 Å². The molecule has 0 rings (SSSR count). The summed E-state index contributed by atoms with van der Waals surface area (Å²) in [5.74, 6) is 0. The minimum absolute atomic E-state index is 0.244. The molecule has 2 unspecified atom stereocenters. The minimum Gasteiger partial charge on any atom is -0.123 e. The number of halogens is 2. The molecule has 0 aliphatic rings. The zero-order valence-electron chi connectivity index (χ0n) is 6.25. The molecule has 0 nitrogen and oxygen atoms in total. The van der Waals surface area contributed by atoms with Gasteiger partial charge in [-0.2, -0.15) is 0 Å². The Morgan fingerprint density at radius 2 is 2.11 bits per heavy atom. The van der Waals surface area contributed by atoms with Gasteiger partial charge in [-0.15, -0.1) is 11.6 Å². The lowest BCUT2D eigenvalue weighted by molar-refractivity contribution is 0.576. The van der Waals surface area contributed by atoms with Gasteiger partial charge in [-0.3, -0.25) is 0 Å². The minimum atomic E-state index is 0.244. The summed E-state index contributed by atoms with van der Waals surface area (Å²) in [6, 6.07) is 0. The standard InChI is InChI=1S/C7H14BrCl/c1-4-7(3,8)5-6(2)9/h6H,4-5H2,1-3H3. The van der Waals surface area contributed by atoms with Crippen molar-refractivity contribution in [2.24, 2.45) is 0 Å². The van der Waals surface area contributed by atoms with Crippen LogP contribution in [0.2, 0.25) is 0 Å². The molecule has 0 aromatic rings. The summed E-state index contributed by atoms with van der Waals surface area (Å²) in [5.41, 5.74) is 0. The largest absolute Gasteiger partial charge is 0.123 e. The monoisotopic (exact) mass is 212 g/mol. The average molecular weight is 214 g/mol. The van der Waals surface area contributed by atoms with E-state index in [0.717, 1.165) is 12.8 Å². The molecule has 56 valence electrons. The first-order valence-corrected chi connectivity index (χ1v) is 4.54. The van der Waals surface area contributed by atoms with Gasteiger partial charge in [0.25, 0.3) is 0 Å². The normalized spacial score (nSPS) is 21.0. The van der Waals surface area contributed by atoms with Gasteiger partial charge in [0.15, 0.2) is 0 Å². The first-order valence-electron chi connectivity index (χ1n) is 3.31. The van der Waals surface area contributed by atoms with Crippen molar-refractivity contribution in [1.29, 1.82) is 0 Å². The highest BCUT2D eigenvalue weighted by Gasteiger charge is 2.19. The Kier molecular flexibility index (Phi) is 4.15. The van der Waals surface area contributed by atoms with E-state index in [-0.39, 0.29) is 9.70 Å². The Labute approximate surface area is 71.1 Å². The molecule has 0 saturated carbocycles. The Morgan fingerprint density at radius 1 is 1.67 bits per heavy atom. The van der Waals surface area contributed by atoms with E-state index in [9.17, 15) is 0 Å². The predicted molar refractivity (Wildman–Crippen MR) is 47.6 cm³/mol. The maximum Gasteiger partial charge on any atom is 0.0321 e. The molecule has 0 aliphatic heterocycles. The van der Waals surface area contributed by atoms with Crippen molar-refractivity contribution in [3.8, 4) is 0 Å². The van der Waals surface area contributed by atoms with E-state index in [2.05, 4.69) is 29.8 Å². The van der Waals surface area contributed by atoms with Crippen LogP contribution in [0.4, 0.5) is 0 Å². The van der Waals surface area contributed by atoms with Gasteiger partial charge in [0, 0.05) is 9.70 Å². The Balaban J connectivity index is 3.58. The van der Waals surface area contributed by atoms with Gasteiger partial charge in [0.05, 0.1) is 0 Å². The summed E-state index contributed by atoms with van der Waals surface area (Å²) in [5, 5.41) is 0.273. The third-order valence-corrected chi connectivity index (χ3v) is 2.48. The molecule has 0 amide bonds. The summed E-state index contributed by atoms with van der Waals surface area (Å²) in [4.78, 5) is 0. The molecule has 9 heavy (non-hydrogen) atoms. The average Bonchev–Trinajstić information content (AvgIpc) is 1.63. The Hall–Kier alpha value is 0.770. The fraction of sp³-hybridized carbons (Fsp3) is 1.00. The van der Waals surface area contributed by atoms with Gasteiger partial charge in [-0.05, 0) is 26.7 Å². The molecule has 0 radical (unpaired) electrons. The summed E-state index contributed by atoms with van der Waals surface area (Å²) >= 11 is 9.41. The van der Waals surface area contributed by atoms with Crippen LogP contribution in [0.15, 0.2) is 0 Å². The molecular formula is C7H14BrCl. The van der Waals surface area contributed by atoms with Crippen molar-refractivity contribution in [3.05, 3.63) is 0 Å². The second kappa shape index (κ2) is 3.82. The van der Waals surface area contributed by atoms with Gasteiger partial charge in [0.2, 0.25) is 0 Å². The molecule has 0 heterocycles. The van der Waals surface area contributed by atoms with Crippen LogP contribution in [-0.2, 0) is 0 Å². The fourth-order valence-electron chi connectivity index (χ4n) is 0.731. The van der Waals surface area contributed by atoms with Crippen molar-refractivity contribution in [3.63, 3.8) is 0 Å². The topological polar surface area (TPSA) is 0 Å². The highest BCUT2D eigenvalue weighted by atomic mass is 79.9. The third kappa shape index (κ3) is 5.23. The van der Waals surface area contributed by atoms with Gasteiger partial charge in [-0.25, -0.2) is 0 Å². The van der Waals surface area contributed by atoms with Crippen LogP contribution in [0.1, 0.15) is 33.6 Å². The molecular weight excluding hydrogens is 199 g/mol. The van der Waals surface area contributed by atoms with Crippen molar-refractivity contribution in [1.82, 2.24) is 0 Å². The number of rotatable bonds is 3. The van der Waals surface area contributed by atoms with Crippen molar-refractivity contribution >= 4 is 27.5 Å². The molecule has 2 atom stereocenters. The van der Waals surface area contributed by atoms with Gasteiger partial charge < -0.3 is 0 Å². The summed E-state index contributed by atoms with van der Waals surface area (Å²) in [6.45, 7) is 6.36. The van der Waals surface area contributed by atoms with E-state index < -0.39 is 0 Å². The number of alkyl halides is 2. The summed E-state index contributed by atoms with van der Waals surface area (Å²) in [6.07, 6.45) is 2.16. The van der Waals surface area contributed by atoms with E-state index >= 15 is 0 Å². The third-order valence-electron chi connectivity index (χ3n) is 1.44. The van der Waals surface area contributed by atoms with Gasteiger partial charge in [0.1, 0.15) is 0 Å². The second-order valence-corrected chi connectivity index (χ2v) is 5.41. The second-order valence-electron chi connectivity index (χ2n) is 2.75. The maximum atomic E-state index is 5.81. The molecule has 0 aromatic carbocycles. The Morgan fingerprint density at radius 3 is 2.22 bits per heavy atom. The first kappa shape index (κ1) is 9.77. The highest BCUT2D eigenvalue weighted by Crippen LogP contribution is 2.28. The fourth-order valence-corrected chi connectivity index (χ4v) is 1.74. The zero-order chi connectivity index (χ0) is 7.49. The van der Waals surface area contributed by atoms with E-state index in [0.29, 0.717) is 0 Å². The molecule has 0 aromatic heterocycles. The van der Waals surface area contributed by atoms with Crippen LogP contribution in [0.3, 0.4) is 0 Å². The van der Waals surface area contributed by atoms with Crippen LogP contribution in [0.25, 0.3) is 0 Å². The van der Waals surface area contributed by atoms with Crippen LogP contribution < -0.4 is 0 Å². The van der Waals surface area contributed by atoms with Gasteiger partial charge >= 0.3 is 0 Å². The summed E-state index contributed by atoms with van der Waals surface area (Å²) in [7, 11) is 0. The van der Waals surface area contributed by atoms with Crippen LogP contribution in [0, 0.1) is 0 Å². The molecule has 0 bridgehead atoms. The van der Waals surface area contributed by atoms with Crippen LogP contribution in [0.5, 0.6) is 0 Å². The molecule has 0 aliphatic carbocycles. The quantitative estimate of drug-likeness (QED) is 0.629. The first-order chi connectivity index (χ1) is 3.98. The number of hydrogen-bond acceptors (Lipinski definition) is 0. The molecule has 0 saturated heterocycles. The molecule has 0 N–H and O–H groups in total.